The molecule has 0 aliphatic carbocycles. The van der Waals surface area contributed by atoms with Crippen molar-refractivity contribution in [2.24, 2.45) is 0 Å². The minimum absolute atomic E-state index is 0.147. The second kappa shape index (κ2) is 4.77. The molecule has 0 aliphatic rings. The van der Waals surface area contributed by atoms with E-state index in [0.717, 1.165) is 11.1 Å². The summed E-state index contributed by atoms with van der Waals surface area (Å²) in [6, 6.07) is 7.35. The summed E-state index contributed by atoms with van der Waals surface area (Å²) >= 11 is 0. The summed E-state index contributed by atoms with van der Waals surface area (Å²) in [4.78, 5) is 10.3. The Morgan fingerprint density at radius 3 is 2.36 bits per heavy atom. The van der Waals surface area contributed by atoms with Gasteiger partial charge in [0.2, 0.25) is 0 Å². The molecule has 3 heteroatoms. The molecule has 76 valence electrons. The SMILES string of the molecule is CC(O)c1ccc(CCC(=O)O)cc1. The van der Waals surface area contributed by atoms with Gasteiger partial charge in [0.15, 0.2) is 0 Å². The van der Waals surface area contributed by atoms with Gasteiger partial charge in [-0.2, -0.15) is 0 Å². The number of hydrogen-bond donors (Lipinski definition) is 2. The van der Waals surface area contributed by atoms with Crippen LogP contribution in [0, 0.1) is 0 Å². The van der Waals surface area contributed by atoms with E-state index in [-0.39, 0.29) is 6.42 Å². The number of carboxylic acids is 1. The lowest BCUT2D eigenvalue weighted by Gasteiger charge is -2.05. The van der Waals surface area contributed by atoms with E-state index in [9.17, 15) is 9.90 Å². The summed E-state index contributed by atoms with van der Waals surface area (Å²) in [6.45, 7) is 1.70. The Morgan fingerprint density at radius 2 is 1.93 bits per heavy atom. The molecule has 0 aliphatic heterocycles. The van der Waals surface area contributed by atoms with Crippen molar-refractivity contribution in [2.75, 3.05) is 0 Å². The van der Waals surface area contributed by atoms with E-state index in [1.54, 1.807) is 6.92 Å². The Morgan fingerprint density at radius 1 is 1.36 bits per heavy atom. The molecule has 0 bridgehead atoms. The van der Waals surface area contributed by atoms with Crippen LogP contribution in [0.25, 0.3) is 0 Å². The number of aryl methyl sites for hydroxylation is 1. The van der Waals surface area contributed by atoms with Gasteiger partial charge in [0, 0.05) is 6.42 Å². The monoisotopic (exact) mass is 194 g/mol. The first-order valence-electron chi connectivity index (χ1n) is 4.58. The minimum atomic E-state index is -0.787. The summed E-state index contributed by atoms with van der Waals surface area (Å²) in [5.41, 5.74) is 1.83. The molecular weight excluding hydrogens is 180 g/mol. The summed E-state index contributed by atoms with van der Waals surface area (Å²) in [7, 11) is 0. The second-order valence-corrected chi connectivity index (χ2v) is 3.31. The first-order valence-corrected chi connectivity index (χ1v) is 4.58. The Bertz CT molecular complexity index is 301. The van der Waals surface area contributed by atoms with Crippen LogP contribution >= 0.6 is 0 Å². The highest BCUT2D eigenvalue weighted by molar-refractivity contribution is 5.67. The van der Waals surface area contributed by atoms with Crippen LogP contribution in [0.1, 0.15) is 30.6 Å². The predicted octanol–water partition coefficient (Wildman–Crippen LogP) is 1.76. The van der Waals surface area contributed by atoms with Gasteiger partial charge in [-0.1, -0.05) is 24.3 Å². The van der Waals surface area contributed by atoms with E-state index in [1.165, 1.54) is 0 Å². The lowest BCUT2D eigenvalue weighted by molar-refractivity contribution is -0.136. The van der Waals surface area contributed by atoms with Crippen molar-refractivity contribution in [3.8, 4) is 0 Å². The van der Waals surface area contributed by atoms with Gasteiger partial charge >= 0.3 is 5.97 Å². The highest BCUT2D eigenvalue weighted by Crippen LogP contribution is 2.13. The van der Waals surface area contributed by atoms with E-state index in [2.05, 4.69) is 0 Å². The van der Waals surface area contributed by atoms with Crippen LogP contribution in [0.5, 0.6) is 0 Å². The van der Waals surface area contributed by atoms with Gasteiger partial charge in [0.1, 0.15) is 0 Å². The van der Waals surface area contributed by atoms with Crippen molar-refractivity contribution < 1.29 is 15.0 Å². The maximum Gasteiger partial charge on any atom is 0.303 e. The number of carboxylic acid groups (broad SMARTS) is 1. The van der Waals surface area contributed by atoms with Crippen molar-refractivity contribution in [1.29, 1.82) is 0 Å². The summed E-state index contributed by atoms with van der Waals surface area (Å²) in [5, 5.41) is 17.7. The zero-order valence-corrected chi connectivity index (χ0v) is 8.10. The molecule has 3 nitrogen and oxygen atoms in total. The Kier molecular flexibility index (Phi) is 3.65. The lowest BCUT2D eigenvalue weighted by Crippen LogP contribution is -1.98. The molecular formula is C11H14O3. The number of hydrogen-bond acceptors (Lipinski definition) is 2. The molecule has 1 aromatic rings. The molecule has 0 heterocycles. The Balaban J connectivity index is 2.59. The van der Waals surface area contributed by atoms with E-state index in [4.69, 9.17) is 5.11 Å². The standard InChI is InChI=1S/C11H14O3/c1-8(12)10-5-2-9(3-6-10)4-7-11(13)14/h2-3,5-6,8,12H,4,7H2,1H3,(H,13,14). The summed E-state index contributed by atoms with van der Waals surface area (Å²) in [6.07, 6.45) is 0.215. The highest BCUT2D eigenvalue weighted by Gasteiger charge is 2.01. The molecule has 14 heavy (non-hydrogen) atoms. The van der Waals surface area contributed by atoms with Crippen molar-refractivity contribution in [1.82, 2.24) is 0 Å². The van der Waals surface area contributed by atoms with Crippen LogP contribution in [0.3, 0.4) is 0 Å². The number of benzene rings is 1. The van der Waals surface area contributed by atoms with Crippen LogP contribution in [0.15, 0.2) is 24.3 Å². The van der Waals surface area contributed by atoms with Crippen LogP contribution in [-0.4, -0.2) is 16.2 Å². The number of aliphatic carboxylic acids is 1. The normalized spacial score (nSPS) is 12.4. The van der Waals surface area contributed by atoms with Crippen LogP contribution in [0.2, 0.25) is 0 Å². The van der Waals surface area contributed by atoms with Gasteiger partial charge in [-0.05, 0) is 24.5 Å². The van der Waals surface area contributed by atoms with Gasteiger partial charge in [-0.25, -0.2) is 0 Å². The predicted molar refractivity (Wildman–Crippen MR) is 53.0 cm³/mol. The van der Waals surface area contributed by atoms with Gasteiger partial charge in [0.05, 0.1) is 6.10 Å². The average Bonchev–Trinajstić information content (AvgIpc) is 2.15. The third-order valence-electron chi connectivity index (χ3n) is 2.09. The number of rotatable bonds is 4. The summed E-state index contributed by atoms with van der Waals surface area (Å²) in [5.74, 6) is -0.787. The third kappa shape index (κ3) is 3.18. The van der Waals surface area contributed by atoms with E-state index < -0.39 is 12.1 Å². The minimum Gasteiger partial charge on any atom is -0.481 e. The second-order valence-electron chi connectivity index (χ2n) is 3.31. The molecule has 0 fully saturated rings. The fourth-order valence-corrected chi connectivity index (χ4v) is 1.21. The summed E-state index contributed by atoms with van der Waals surface area (Å²) < 4.78 is 0. The first-order chi connectivity index (χ1) is 6.59. The molecule has 0 saturated carbocycles. The molecule has 1 atom stereocenters. The largest absolute Gasteiger partial charge is 0.481 e. The third-order valence-corrected chi connectivity index (χ3v) is 2.09. The van der Waals surface area contributed by atoms with Crippen molar-refractivity contribution in [3.05, 3.63) is 35.4 Å². The van der Waals surface area contributed by atoms with Gasteiger partial charge < -0.3 is 10.2 Å². The molecule has 0 radical (unpaired) electrons. The maximum atomic E-state index is 10.3. The van der Waals surface area contributed by atoms with Gasteiger partial charge in [-0.15, -0.1) is 0 Å². The van der Waals surface area contributed by atoms with Crippen LogP contribution < -0.4 is 0 Å². The molecule has 1 rings (SSSR count). The fourth-order valence-electron chi connectivity index (χ4n) is 1.21. The fraction of sp³-hybridized carbons (Fsp3) is 0.364. The number of aliphatic hydroxyl groups is 1. The maximum absolute atomic E-state index is 10.3. The van der Waals surface area contributed by atoms with Crippen molar-refractivity contribution >= 4 is 5.97 Å². The zero-order valence-electron chi connectivity index (χ0n) is 8.10. The zero-order chi connectivity index (χ0) is 10.6. The molecule has 0 spiro atoms. The average molecular weight is 194 g/mol. The van der Waals surface area contributed by atoms with E-state index in [1.807, 2.05) is 24.3 Å². The smallest absolute Gasteiger partial charge is 0.303 e. The first kappa shape index (κ1) is 10.7. The molecule has 1 aromatic carbocycles. The van der Waals surface area contributed by atoms with Crippen molar-refractivity contribution in [3.63, 3.8) is 0 Å². The number of aliphatic hydroxyl groups excluding tert-OH is 1. The number of carbonyl (C=O) groups is 1. The quantitative estimate of drug-likeness (QED) is 0.767. The van der Waals surface area contributed by atoms with Gasteiger partial charge in [0.25, 0.3) is 0 Å². The molecule has 2 N–H and O–H groups in total. The van der Waals surface area contributed by atoms with Gasteiger partial charge in [-0.3, -0.25) is 4.79 Å². The Labute approximate surface area is 83.0 Å². The van der Waals surface area contributed by atoms with Crippen LogP contribution in [0.4, 0.5) is 0 Å². The van der Waals surface area contributed by atoms with E-state index >= 15 is 0 Å². The van der Waals surface area contributed by atoms with Crippen LogP contribution in [-0.2, 0) is 11.2 Å². The Hall–Kier alpha value is -1.35. The topological polar surface area (TPSA) is 57.5 Å². The molecule has 0 saturated heterocycles. The van der Waals surface area contributed by atoms with E-state index in [0.29, 0.717) is 6.42 Å². The molecule has 0 aromatic heterocycles. The lowest BCUT2D eigenvalue weighted by atomic mass is 10.1. The highest BCUT2D eigenvalue weighted by atomic mass is 16.4. The molecule has 0 amide bonds. The van der Waals surface area contributed by atoms with Crippen molar-refractivity contribution in [2.45, 2.75) is 25.9 Å². The molecule has 1 unspecified atom stereocenters.